The van der Waals surface area contributed by atoms with Gasteiger partial charge in [0.15, 0.2) is 17.8 Å². The third kappa shape index (κ3) is 3.92. The van der Waals surface area contributed by atoms with Crippen molar-refractivity contribution in [2.24, 2.45) is 0 Å². The summed E-state index contributed by atoms with van der Waals surface area (Å²) in [6.07, 6.45) is 1.72. The Hall–Kier alpha value is -3.39. The zero-order valence-corrected chi connectivity index (χ0v) is 19.3. The number of carbonyl (C=O) groups excluding carboxylic acids is 2. The first kappa shape index (κ1) is 22.4. The van der Waals surface area contributed by atoms with Crippen molar-refractivity contribution in [3.8, 4) is 5.75 Å². The number of amides is 2. The van der Waals surface area contributed by atoms with Crippen molar-refractivity contribution in [1.82, 2.24) is 10.6 Å². The van der Waals surface area contributed by atoms with E-state index in [1.807, 2.05) is 13.8 Å². The molecule has 0 unspecified atom stereocenters. The zero-order chi connectivity index (χ0) is 24.3. The number of nitrogens with one attached hydrogen (secondary N) is 2. The highest BCUT2D eigenvalue weighted by atomic mass is 35.5. The molecule has 3 aliphatic rings. The van der Waals surface area contributed by atoms with Gasteiger partial charge in [0.2, 0.25) is 0 Å². The molecule has 0 radical (unpaired) electrons. The molecule has 2 aromatic carbocycles. The Morgan fingerprint density at radius 3 is 2.44 bits per heavy atom. The van der Waals surface area contributed by atoms with Crippen LogP contribution in [0.25, 0.3) is 11.0 Å². The second-order valence-corrected chi connectivity index (χ2v) is 9.77. The number of aryl methyl sites for hydroxylation is 2. The van der Waals surface area contributed by atoms with Crippen molar-refractivity contribution in [3.63, 3.8) is 0 Å². The number of benzene rings is 2. The van der Waals surface area contributed by atoms with E-state index in [4.69, 9.17) is 20.8 Å². The van der Waals surface area contributed by atoms with Gasteiger partial charge in [-0.05, 0) is 68.5 Å². The number of hydrogen-bond acceptors (Lipinski definition) is 5. The van der Waals surface area contributed by atoms with Gasteiger partial charge in [-0.25, -0.2) is 4.39 Å². The maximum atomic E-state index is 13.5. The number of hydrogen-bond donors (Lipinski definition) is 2. The van der Waals surface area contributed by atoms with Gasteiger partial charge in [0.25, 0.3) is 11.8 Å². The lowest BCUT2D eigenvalue weighted by Crippen LogP contribution is -2.84. The van der Waals surface area contributed by atoms with Gasteiger partial charge in [0.1, 0.15) is 17.1 Å². The van der Waals surface area contributed by atoms with Gasteiger partial charge in [-0.1, -0.05) is 11.6 Å². The fourth-order valence-electron chi connectivity index (χ4n) is 4.93. The second-order valence-electron chi connectivity index (χ2n) is 9.37. The molecule has 2 bridgehead atoms. The van der Waals surface area contributed by atoms with E-state index in [2.05, 4.69) is 10.6 Å². The normalized spacial score (nSPS) is 22.5. The average molecular weight is 485 g/mol. The van der Waals surface area contributed by atoms with Gasteiger partial charge in [0.05, 0.1) is 10.4 Å². The monoisotopic (exact) mass is 484 g/mol. The number of carbonyl (C=O) groups is 2. The summed E-state index contributed by atoms with van der Waals surface area (Å²) in [5, 5.41) is 6.30. The fourth-order valence-corrected chi connectivity index (χ4v) is 5.04. The summed E-state index contributed by atoms with van der Waals surface area (Å²) < 4.78 is 24.5. The van der Waals surface area contributed by atoms with E-state index in [1.165, 1.54) is 18.2 Å². The molecule has 0 saturated heterocycles. The molecule has 34 heavy (non-hydrogen) atoms. The number of rotatable bonds is 6. The molecule has 3 aromatic rings. The first-order valence-electron chi connectivity index (χ1n) is 10.8. The fraction of sp³-hybridized carbons (Fsp3) is 0.320. The average Bonchev–Trinajstić information content (AvgIpc) is 2.73. The lowest BCUT2D eigenvalue weighted by molar-refractivity contribution is -0.141. The van der Waals surface area contributed by atoms with E-state index < -0.39 is 22.8 Å². The second kappa shape index (κ2) is 7.84. The van der Waals surface area contributed by atoms with Crippen molar-refractivity contribution < 1.29 is 23.1 Å². The predicted molar refractivity (Wildman–Crippen MR) is 124 cm³/mol. The molecule has 0 atom stereocenters. The molecule has 1 aromatic heterocycles. The van der Waals surface area contributed by atoms with Crippen LogP contribution >= 0.6 is 11.6 Å². The maximum absolute atomic E-state index is 13.5. The van der Waals surface area contributed by atoms with E-state index in [9.17, 15) is 18.8 Å². The molecule has 3 aliphatic carbocycles. The molecule has 0 spiro atoms. The molecule has 1 heterocycles. The van der Waals surface area contributed by atoms with Crippen LogP contribution in [-0.2, 0) is 4.79 Å². The standard InChI is InChI=1S/C25H22ClFN2O5/c1-13-5-16-19(30)8-21(34-20(16)6-14(13)2)23(32)29-25-10-24(11-25,12-25)28-22(31)9-33-15-3-4-17(26)18(27)7-15/h3-8H,9-12H2,1-2H3,(H,28,31)(H,29,32). The van der Waals surface area contributed by atoms with Gasteiger partial charge in [-0.3, -0.25) is 14.4 Å². The van der Waals surface area contributed by atoms with Gasteiger partial charge >= 0.3 is 0 Å². The Bertz CT molecular complexity index is 1400. The summed E-state index contributed by atoms with van der Waals surface area (Å²) in [6, 6.07) is 8.70. The van der Waals surface area contributed by atoms with E-state index in [-0.39, 0.29) is 34.5 Å². The lowest BCUT2D eigenvalue weighted by atomic mass is 9.44. The van der Waals surface area contributed by atoms with Crippen LogP contribution < -0.4 is 20.8 Å². The Balaban J connectivity index is 1.17. The predicted octanol–water partition coefficient (Wildman–Crippen LogP) is 3.80. The number of halogens is 2. The van der Waals surface area contributed by atoms with Crippen molar-refractivity contribution in [2.75, 3.05) is 6.61 Å². The molecule has 3 saturated carbocycles. The largest absolute Gasteiger partial charge is 0.484 e. The molecule has 176 valence electrons. The summed E-state index contributed by atoms with van der Waals surface area (Å²) in [6.45, 7) is 3.56. The zero-order valence-electron chi connectivity index (χ0n) is 18.6. The molecule has 0 aliphatic heterocycles. The van der Waals surface area contributed by atoms with Crippen LogP contribution in [0.2, 0.25) is 5.02 Å². The quantitative estimate of drug-likeness (QED) is 0.554. The minimum absolute atomic E-state index is 0.0220. The highest BCUT2D eigenvalue weighted by Gasteiger charge is 2.69. The molecule has 6 rings (SSSR count). The topological polar surface area (TPSA) is 97.6 Å². The smallest absolute Gasteiger partial charge is 0.287 e. The summed E-state index contributed by atoms with van der Waals surface area (Å²) in [4.78, 5) is 37.5. The summed E-state index contributed by atoms with van der Waals surface area (Å²) in [5.74, 6) is -1.23. The van der Waals surface area contributed by atoms with Crippen LogP contribution in [0, 0.1) is 19.7 Å². The summed E-state index contributed by atoms with van der Waals surface area (Å²) >= 11 is 5.63. The third-order valence-corrected chi connectivity index (χ3v) is 6.95. The molecular formula is C25H22ClFN2O5. The Morgan fingerprint density at radius 2 is 1.74 bits per heavy atom. The summed E-state index contributed by atoms with van der Waals surface area (Å²) in [5.41, 5.74) is 1.23. The van der Waals surface area contributed by atoms with Crippen molar-refractivity contribution in [2.45, 2.75) is 44.2 Å². The summed E-state index contributed by atoms with van der Waals surface area (Å²) in [7, 11) is 0. The van der Waals surface area contributed by atoms with Gasteiger partial charge < -0.3 is 19.8 Å². The van der Waals surface area contributed by atoms with Gasteiger partial charge in [-0.15, -0.1) is 0 Å². The highest BCUT2D eigenvalue weighted by molar-refractivity contribution is 6.30. The van der Waals surface area contributed by atoms with Crippen LogP contribution in [-0.4, -0.2) is 29.5 Å². The lowest BCUT2D eigenvalue weighted by Gasteiger charge is -2.70. The van der Waals surface area contributed by atoms with E-state index in [0.29, 0.717) is 30.2 Å². The maximum Gasteiger partial charge on any atom is 0.287 e. The first-order chi connectivity index (χ1) is 16.1. The molecule has 7 nitrogen and oxygen atoms in total. The van der Waals surface area contributed by atoms with Crippen molar-refractivity contribution in [3.05, 3.63) is 74.3 Å². The SMILES string of the molecule is Cc1cc2oc(C(=O)NC34CC(NC(=O)COc5ccc(Cl)c(F)c5)(C3)C4)cc(=O)c2cc1C. The molecule has 3 fully saturated rings. The minimum atomic E-state index is -0.621. The molecule has 2 N–H and O–H groups in total. The van der Waals surface area contributed by atoms with Crippen molar-refractivity contribution >= 4 is 34.4 Å². The van der Waals surface area contributed by atoms with E-state index >= 15 is 0 Å². The van der Waals surface area contributed by atoms with Crippen LogP contribution in [0.5, 0.6) is 5.75 Å². The Kier molecular flexibility index (Phi) is 5.16. The third-order valence-electron chi connectivity index (χ3n) is 6.64. The van der Waals surface area contributed by atoms with E-state index in [1.54, 1.807) is 12.1 Å². The Morgan fingerprint density at radius 1 is 1.06 bits per heavy atom. The molecule has 2 amide bonds. The van der Waals surface area contributed by atoms with Crippen LogP contribution in [0.3, 0.4) is 0 Å². The Labute approximate surface area is 199 Å². The molecule has 9 heteroatoms. The first-order valence-corrected chi connectivity index (χ1v) is 11.2. The van der Waals surface area contributed by atoms with E-state index in [0.717, 1.165) is 17.2 Å². The van der Waals surface area contributed by atoms with Gasteiger partial charge in [-0.2, -0.15) is 0 Å². The number of fused-ring (bicyclic) bond motifs is 1. The van der Waals surface area contributed by atoms with Crippen LogP contribution in [0.4, 0.5) is 4.39 Å². The van der Waals surface area contributed by atoms with Gasteiger partial charge in [0, 0.05) is 23.2 Å². The minimum Gasteiger partial charge on any atom is -0.484 e. The van der Waals surface area contributed by atoms with Crippen LogP contribution in [0.1, 0.15) is 40.9 Å². The van der Waals surface area contributed by atoms with Crippen molar-refractivity contribution in [1.29, 1.82) is 0 Å². The number of ether oxygens (including phenoxy) is 1. The van der Waals surface area contributed by atoms with Crippen LogP contribution in [0.15, 0.2) is 45.6 Å². The molecular weight excluding hydrogens is 463 g/mol. The highest BCUT2D eigenvalue weighted by Crippen LogP contribution is 2.60.